The fourth-order valence-electron chi connectivity index (χ4n) is 2.27. The Bertz CT molecular complexity index is 432. The standard InChI is InChI=1S/C14H16FNO/c15-12-5-3-11(4-6-12)14(7-8-14)9-16-13(17)10-1-2-10/h3-6,10H,1-2,7-9H2,(H,16,17). The van der Waals surface area contributed by atoms with Crippen molar-refractivity contribution in [2.75, 3.05) is 6.54 Å². The first-order chi connectivity index (χ1) is 8.20. The molecule has 2 aliphatic carbocycles. The number of hydrogen-bond donors (Lipinski definition) is 1. The summed E-state index contributed by atoms with van der Waals surface area (Å²) in [6.45, 7) is 0.702. The lowest BCUT2D eigenvalue weighted by Crippen LogP contribution is -2.33. The smallest absolute Gasteiger partial charge is 0.223 e. The zero-order valence-electron chi connectivity index (χ0n) is 9.71. The molecule has 2 nitrogen and oxygen atoms in total. The second kappa shape index (κ2) is 3.83. The molecule has 90 valence electrons. The van der Waals surface area contributed by atoms with E-state index in [1.54, 1.807) is 0 Å². The number of halogens is 1. The minimum Gasteiger partial charge on any atom is -0.355 e. The molecule has 3 heteroatoms. The van der Waals surface area contributed by atoms with Crippen LogP contribution in [0.1, 0.15) is 31.2 Å². The van der Waals surface area contributed by atoms with E-state index in [-0.39, 0.29) is 23.1 Å². The van der Waals surface area contributed by atoms with Gasteiger partial charge < -0.3 is 5.32 Å². The summed E-state index contributed by atoms with van der Waals surface area (Å²) < 4.78 is 12.9. The van der Waals surface area contributed by atoms with Gasteiger partial charge in [0.15, 0.2) is 0 Å². The molecule has 0 bridgehead atoms. The summed E-state index contributed by atoms with van der Waals surface area (Å²) in [5.41, 5.74) is 1.23. The molecular formula is C14H16FNO. The Balaban J connectivity index is 1.64. The van der Waals surface area contributed by atoms with Crippen molar-refractivity contribution in [3.8, 4) is 0 Å². The highest BCUT2D eigenvalue weighted by atomic mass is 19.1. The van der Waals surface area contributed by atoms with Gasteiger partial charge in [-0.05, 0) is 43.4 Å². The Kier molecular flexibility index (Phi) is 2.42. The summed E-state index contributed by atoms with van der Waals surface area (Å²) in [7, 11) is 0. The van der Waals surface area contributed by atoms with Gasteiger partial charge in [-0.2, -0.15) is 0 Å². The van der Waals surface area contributed by atoms with Crippen molar-refractivity contribution < 1.29 is 9.18 Å². The SMILES string of the molecule is O=C(NCC1(c2ccc(F)cc2)CC1)C1CC1. The molecule has 1 aromatic carbocycles. The van der Waals surface area contributed by atoms with Crippen molar-refractivity contribution in [2.24, 2.45) is 5.92 Å². The summed E-state index contributed by atoms with van der Waals surface area (Å²) in [6, 6.07) is 6.67. The van der Waals surface area contributed by atoms with Crippen LogP contribution in [0.25, 0.3) is 0 Å². The number of amides is 1. The van der Waals surface area contributed by atoms with Gasteiger partial charge in [0, 0.05) is 17.9 Å². The molecule has 0 atom stereocenters. The van der Waals surface area contributed by atoms with Gasteiger partial charge in [0.2, 0.25) is 5.91 Å². The van der Waals surface area contributed by atoms with Crippen LogP contribution < -0.4 is 5.32 Å². The van der Waals surface area contributed by atoms with E-state index in [0.29, 0.717) is 6.54 Å². The van der Waals surface area contributed by atoms with Crippen LogP contribution >= 0.6 is 0 Å². The van der Waals surface area contributed by atoms with Crippen LogP contribution in [0, 0.1) is 11.7 Å². The van der Waals surface area contributed by atoms with Gasteiger partial charge >= 0.3 is 0 Å². The second-order valence-electron chi connectivity index (χ2n) is 5.28. The van der Waals surface area contributed by atoms with Gasteiger partial charge in [0.1, 0.15) is 5.82 Å². The Morgan fingerprint density at radius 1 is 1.29 bits per heavy atom. The molecule has 1 N–H and O–H groups in total. The fourth-order valence-corrected chi connectivity index (χ4v) is 2.27. The van der Waals surface area contributed by atoms with E-state index in [2.05, 4.69) is 5.32 Å². The van der Waals surface area contributed by atoms with E-state index < -0.39 is 0 Å². The first-order valence-corrected chi connectivity index (χ1v) is 6.23. The van der Waals surface area contributed by atoms with Crippen molar-refractivity contribution in [1.82, 2.24) is 5.32 Å². The Labute approximate surface area is 100 Å². The van der Waals surface area contributed by atoms with E-state index in [9.17, 15) is 9.18 Å². The molecule has 1 aromatic rings. The van der Waals surface area contributed by atoms with Crippen LogP contribution in [0.4, 0.5) is 4.39 Å². The maximum absolute atomic E-state index is 12.9. The molecule has 2 aliphatic rings. The van der Waals surface area contributed by atoms with Crippen molar-refractivity contribution in [1.29, 1.82) is 0 Å². The van der Waals surface area contributed by atoms with Gasteiger partial charge in [-0.25, -0.2) is 4.39 Å². The lowest BCUT2D eigenvalue weighted by molar-refractivity contribution is -0.122. The molecule has 0 aromatic heterocycles. The average Bonchev–Trinajstić information content (AvgIpc) is 3.20. The Morgan fingerprint density at radius 2 is 1.94 bits per heavy atom. The molecule has 2 fully saturated rings. The lowest BCUT2D eigenvalue weighted by Gasteiger charge is -2.16. The highest BCUT2D eigenvalue weighted by Gasteiger charge is 2.45. The normalized spacial score (nSPS) is 21.0. The van der Waals surface area contributed by atoms with Gasteiger partial charge in [-0.1, -0.05) is 12.1 Å². The zero-order chi connectivity index (χ0) is 11.9. The van der Waals surface area contributed by atoms with Crippen LogP contribution in [0.3, 0.4) is 0 Å². The van der Waals surface area contributed by atoms with Gasteiger partial charge in [0.05, 0.1) is 0 Å². The predicted octanol–water partition coefficient (Wildman–Crippen LogP) is 2.38. The minimum atomic E-state index is -0.202. The first kappa shape index (κ1) is 10.8. The third-order valence-electron chi connectivity index (χ3n) is 3.86. The molecule has 3 rings (SSSR count). The van der Waals surface area contributed by atoms with Crippen molar-refractivity contribution in [2.45, 2.75) is 31.1 Å². The molecule has 17 heavy (non-hydrogen) atoms. The number of hydrogen-bond acceptors (Lipinski definition) is 1. The van der Waals surface area contributed by atoms with Crippen LogP contribution in [0.2, 0.25) is 0 Å². The van der Waals surface area contributed by atoms with Crippen molar-refractivity contribution in [3.63, 3.8) is 0 Å². The number of rotatable bonds is 4. The number of carbonyl (C=O) groups is 1. The second-order valence-corrected chi connectivity index (χ2v) is 5.28. The maximum Gasteiger partial charge on any atom is 0.223 e. The molecule has 0 radical (unpaired) electrons. The summed E-state index contributed by atoms with van der Waals surface area (Å²) in [5.74, 6) is 0.254. The monoisotopic (exact) mass is 233 g/mol. The fraction of sp³-hybridized carbons (Fsp3) is 0.500. The third kappa shape index (κ3) is 2.19. The summed E-state index contributed by atoms with van der Waals surface area (Å²) in [4.78, 5) is 11.6. The van der Waals surface area contributed by atoms with Gasteiger partial charge in [0.25, 0.3) is 0 Å². The van der Waals surface area contributed by atoms with Crippen LogP contribution in [-0.4, -0.2) is 12.5 Å². The lowest BCUT2D eigenvalue weighted by atomic mass is 9.96. The molecule has 0 spiro atoms. The van der Waals surface area contributed by atoms with E-state index in [1.165, 1.54) is 12.1 Å². The van der Waals surface area contributed by atoms with E-state index in [0.717, 1.165) is 31.2 Å². The summed E-state index contributed by atoms with van der Waals surface area (Å²) in [5, 5.41) is 3.03. The topological polar surface area (TPSA) is 29.1 Å². The van der Waals surface area contributed by atoms with E-state index in [4.69, 9.17) is 0 Å². The number of nitrogens with one attached hydrogen (secondary N) is 1. The zero-order valence-corrected chi connectivity index (χ0v) is 9.71. The highest BCUT2D eigenvalue weighted by Crippen LogP contribution is 2.47. The van der Waals surface area contributed by atoms with Crippen molar-refractivity contribution in [3.05, 3.63) is 35.6 Å². The van der Waals surface area contributed by atoms with Gasteiger partial charge in [-0.3, -0.25) is 4.79 Å². The number of benzene rings is 1. The Hall–Kier alpha value is -1.38. The molecule has 2 saturated carbocycles. The van der Waals surface area contributed by atoms with Gasteiger partial charge in [-0.15, -0.1) is 0 Å². The predicted molar refractivity (Wildman–Crippen MR) is 63.0 cm³/mol. The van der Waals surface area contributed by atoms with Crippen LogP contribution in [0.5, 0.6) is 0 Å². The summed E-state index contributed by atoms with van der Waals surface area (Å²) in [6.07, 6.45) is 4.25. The molecule has 0 unspecified atom stereocenters. The third-order valence-corrected chi connectivity index (χ3v) is 3.86. The molecule has 1 amide bonds. The molecule has 0 heterocycles. The van der Waals surface area contributed by atoms with Crippen LogP contribution in [-0.2, 0) is 10.2 Å². The van der Waals surface area contributed by atoms with Crippen LogP contribution in [0.15, 0.2) is 24.3 Å². The molecular weight excluding hydrogens is 217 g/mol. The molecule has 0 aliphatic heterocycles. The summed E-state index contributed by atoms with van der Waals surface area (Å²) >= 11 is 0. The number of carbonyl (C=O) groups excluding carboxylic acids is 1. The van der Waals surface area contributed by atoms with E-state index >= 15 is 0 Å². The first-order valence-electron chi connectivity index (χ1n) is 6.23. The highest BCUT2D eigenvalue weighted by molar-refractivity contribution is 5.81. The quantitative estimate of drug-likeness (QED) is 0.850. The largest absolute Gasteiger partial charge is 0.355 e. The van der Waals surface area contributed by atoms with Crippen molar-refractivity contribution >= 4 is 5.91 Å². The molecule has 0 saturated heterocycles. The Morgan fingerprint density at radius 3 is 2.47 bits per heavy atom. The average molecular weight is 233 g/mol. The van der Waals surface area contributed by atoms with E-state index in [1.807, 2.05) is 12.1 Å². The maximum atomic E-state index is 12.9. The minimum absolute atomic E-state index is 0.0816.